The number of carbonyl (C=O) groups excluding carboxylic acids is 1. The van der Waals surface area contributed by atoms with Crippen molar-refractivity contribution < 1.29 is 4.79 Å². The van der Waals surface area contributed by atoms with Crippen LogP contribution in [-0.2, 0) is 24.3 Å². The molecule has 1 heterocycles. The molecule has 3 rings (SSSR count). The fraction of sp³-hybridized carbons (Fsp3) is 0.458. The van der Waals surface area contributed by atoms with Gasteiger partial charge in [-0.3, -0.25) is 9.69 Å². The Kier molecular flexibility index (Phi) is 7.67. The molecule has 0 saturated heterocycles. The molecule has 0 radical (unpaired) electrons. The quantitative estimate of drug-likeness (QED) is 0.710. The lowest BCUT2D eigenvalue weighted by molar-refractivity contribution is -0.130. The molecule has 0 bridgehead atoms. The van der Waals surface area contributed by atoms with Crippen LogP contribution >= 0.6 is 0 Å². The van der Waals surface area contributed by atoms with Gasteiger partial charge in [-0.25, -0.2) is 0 Å². The lowest BCUT2D eigenvalue weighted by Gasteiger charge is -2.29. The Bertz CT molecular complexity index is 791. The van der Waals surface area contributed by atoms with Gasteiger partial charge in [0, 0.05) is 38.4 Å². The third kappa shape index (κ3) is 6.05. The minimum Gasteiger partial charge on any atom is -0.376 e. The van der Waals surface area contributed by atoms with Crippen LogP contribution in [0, 0.1) is 0 Å². The van der Waals surface area contributed by atoms with E-state index in [9.17, 15) is 4.79 Å². The van der Waals surface area contributed by atoms with Gasteiger partial charge in [0.2, 0.25) is 5.91 Å². The second-order valence-corrected chi connectivity index (χ2v) is 8.02. The van der Waals surface area contributed by atoms with Gasteiger partial charge in [-0.05, 0) is 49.8 Å². The Hall–Kier alpha value is -2.37. The van der Waals surface area contributed by atoms with Gasteiger partial charge in [0.1, 0.15) is 0 Å². The van der Waals surface area contributed by atoms with Crippen molar-refractivity contribution in [3.63, 3.8) is 0 Å². The molecule has 0 saturated carbocycles. The van der Waals surface area contributed by atoms with Gasteiger partial charge in [-0.2, -0.15) is 0 Å². The fourth-order valence-electron chi connectivity index (χ4n) is 3.80. The van der Waals surface area contributed by atoms with E-state index in [1.807, 2.05) is 37.2 Å². The maximum atomic E-state index is 13.0. The number of anilines is 1. The van der Waals surface area contributed by atoms with Gasteiger partial charge in [0.05, 0.1) is 6.54 Å². The summed E-state index contributed by atoms with van der Waals surface area (Å²) < 4.78 is 0. The first kappa shape index (κ1) is 21.3. The van der Waals surface area contributed by atoms with Gasteiger partial charge in [0.25, 0.3) is 0 Å². The molecule has 1 amide bonds. The van der Waals surface area contributed by atoms with Crippen LogP contribution in [-0.4, -0.2) is 67.4 Å². The molecule has 0 aliphatic carbocycles. The number of nitrogens with one attached hydrogen (secondary N) is 1. The summed E-state index contributed by atoms with van der Waals surface area (Å²) in [6.07, 6.45) is 1.04. The molecule has 2 aromatic carbocycles. The van der Waals surface area contributed by atoms with E-state index in [0.717, 1.165) is 50.4 Å². The van der Waals surface area contributed by atoms with E-state index in [1.165, 1.54) is 11.1 Å². The summed E-state index contributed by atoms with van der Waals surface area (Å²) in [7, 11) is 4.08. The van der Waals surface area contributed by atoms with E-state index in [1.54, 1.807) is 0 Å². The standard InChI is InChI=1S/C24H34N4O/c1-4-27-14-13-22-21(19-27)11-8-12-23(22)25-17-24(29)28(16-15-26(2)3)18-20-9-6-5-7-10-20/h5-12,25H,4,13-19H2,1-3H3. The monoisotopic (exact) mass is 394 g/mol. The Morgan fingerprint density at radius 2 is 1.86 bits per heavy atom. The predicted molar refractivity (Wildman–Crippen MR) is 120 cm³/mol. The summed E-state index contributed by atoms with van der Waals surface area (Å²) in [6, 6.07) is 16.6. The number of nitrogens with zero attached hydrogens (tertiary/aromatic N) is 3. The smallest absolute Gasteiger partial charge is 0.242 e. The highest BCUT2D eigenvalue weighted by molar-refractivity contribution is 5.81. The first-order chi connectivity index (χ1) is 14.1. The van der Waals surface area contributed by atoms with Gasteiger partial charge in [0.15, 0.2) is 0 Å². The van der Waals surface area contributed by atoms with Crippen molar-refractivity contribution >= 4 is 11.6 Å². The van der Waals surface area contributed by atoms with Crippen LogP contribution in [0.1, 0.15) is 23.6 Å². The molecule has 1 aliphatic rings. The average molecular weight is 395 g/mol. The lowest BCUT2D eigenvalue weighted by atomic mass is 9.97. The van der Waals surface area contributed by atoms with Crippen LogP contribution in [0.2, 0.25) is 0 Å². The summed E-state index contributed by atoms with van der Waals surface area (Å²) in [4.78, 5) is 19.6. The predicted octanol–water partition coefficient (Wildman–Crippen LogP) is 3.07. The van der Waals surface area contributed by atoms with Crippen LogP contribution in [0.5, 0.6) is 0 Å². The normalized spacial score (nSPS) is 13.9. The van der Waals surface area contributed by atoms with Crippen molar-refractivity contribution in [2.75, 3.05) is 52.1 Å². The molecule has 1 N–H and O–H groups in total. The number of likely N-dealkylation sites (N-methyl/N-ethyl adjacent to an activating group) is 2. The van der Waals surface area contributed by atoms with Crippen molar-refractivity contribution in [2.24, 2.45) is 0 Å². The zero-order valence-electron chi connectivity index (χ0n) is 18.0. The van der Waals surface area contributed by atoms with Crippen molar-refractivity contribution in [1.82, 2.24) is 14.7 Å². The Labute approximate surface area is 175 Å². The highest BCUT2D eigenvalue weighted by atomic mass is 16.2. The minimum atomic E-state index is 0.138. The number of benzene rings is 2. The molecule has 2 aromatic rings. The number of amides is 1. The molecule has 0 atom stereocenters. The average Bonchev–Trinajstić information content (AvgIpc) is 2.75. The molecule has 0 aromatic heterocycles. The van der Waals surface area contributed by atoms with Crippen molar-refractivity contribution in [3.05, 3.63) is 65.2 Å². The minimum absolute atomic E-state index is 0.138. The van der Waals surface area contributed by atoms with Gasteiger partial charge >= 0.3 is 0 Å². The Morgan fingerprint density at radius 1 is 1.07 bits per heavy atom. The van der Waals surface area contributed by atoms with Crippen molar-refractivity contribution in [2.45, 2.75) is 26.4 Å². The second-order valence-electron chi connectivity index (χ2n) is 8.02. The molecule has 156 valence electrons. The maximum Gasteiger partial charge on any atom is 0.242 e. The molecule has 5 heteroatoms. The molecule has 1 aliphatic heterocycles. The first-order valence-corrected chi connectivity index (χ1v) is 10.6. The van der Waals surface area contributed by atoms with E-state index in [0.29, 0.717) is 13.1 Å². The first-order valence-electron chi connectivity index (χ1n) is 10.6. The Morgan fingerprint density at radius 3 is 2.59 bits per heavy atom. The largest absolute Gasteiger partial charge is 0.376 e. The van der Waals surface area contributed by atoms with Crippen LogP contribution < -0.4 is 5.32 Å². The number of carbonyl (C=O) groups is 1. The SMILES string of the molecule is CCN1CCc2c(cccc2NCC(=O)N(CCN(C)C)Cc2ccccc2)C1. The van der Waals surface area contributed by atoms with E-state index in [2.05, 4.69) is 52.4 Å². The summed E-state index contributed by atoms with van der Waals surface area (Å²) in [5.74, 6) is 0.138. The van der Waals surface area contributed by atoms with Crippen LogP contribution in [0.15, 0.2) is 48.5 Å². The van der Waals surface area contributed by atoms with Crippen LogP contribution in [0.25, 0.3) is 0 Å². The zero-order chi connectivity index (χ0) is 20.6. The summed E-state index contributed by atoms with van der Waals surface area (Å²) in [5, 5.41) is 3.44. The molecule has 0 unspecified atom stereocenters. The third-order valence-corrected chi connectivity index (χ3v) is 5.61. The number of hydrogen-bond donors (Lipinski definition) is 1. The van der Waals surface area contributed by atoms with Crippen molar-refractivity contribution in [1.29, 1.82) is 0 Å². The summed E-state index contributed by atoms with van der Waals surface area (Å²) in [5.41, 5.74) is 5.02. The highest BCUT2D eigenvalue weighted by Crippen LogP contribution is 2.26. The second kappa shape index (κ2) is 10.4. The fourth-order valence-corrected chi connectivity index (χ4v) is 3.80. The number of hydrogen-bond acceptors (Lipinski definition) is 4. The highest BCUT2D eigenvalue weighted by Gasteiger charge is 2.19. The van der Waals surface area contributed by atoms with Crippen LogP contribution in [0.4, 0.5) is 5.69 Å². The molecule has 29 heavy (non-hydrogen) atoms. The molecule has 0 spiro atoms. The van der Waals surface area contributed by atoms with E-state index in [4.69, 9.17) is 0 Å². The van der Waals surface area contributed by atoms with E-state index >= 15 is 0 Å². The van der Waals surface area contributed by atoms with Gasteiger partial charge < -0.3 is 15.1 Å². The molecule has 5 nitrogen and oxygen atoms in total. The molecular formula is C24H34N4O. The van der Waals surface area contributed by atoms with E-state index < -0.39 is 0 Å². The van der Waals surface area contributed by atoms with Crippen LogP contribution in [0.3, 0.4) is 0 Å². The van der Waals surface area contributed by atoms with E-state index in [-0.39, 0.29) is 5.91 Å². The van der Waals surface area contributed by atoms with Crippen molar-refractivity contribution in [3.8, 4) is 0 Å². The number of fused-ring (bicyclic) bond motifs is 1. The Balaban J connectivity index is 1.65. The lowest BCUT2D eigenvalue weighted by Crippen LogP contribution is -2.39. The van der Waals surface area contributed by atoms with Gasteiger partial charge in [-0.1, -0.05) is 49.4 Å². The summed E-state index contributed by atoms with van der Waals surface area (Å²) in [6.45, 7) is 7.92. The third-order valence-electron chi connectivity index (χ3n) is 5.61. The molecular weight excluding hydrogens is 360 g/mol. The number of rotatable bonds is 9. The van der Waals surface area contributed by atoms with Gasteiger partial charge in [-0.15, -0.1) is 0 Å². The molecule has 0 fully saturated rings. The maximum absolute atomic E-state index is 13.0. The zero-order valence-corrected chi connectivity index (χ0v) is 18.0. The topological polar surface area (TPSA) is 38.8 Å². The summed E-state index contributed by atoms with van der Waals surface area (Å²) >= 11 is 0.